The lowest BCUT2D eigenvalue weighted by molar-refractivity contribution is -0.116. The Labute approximate surface area is 220 Å². The standard InChI is InChI=1S/C31H29N3O2S/c1-4-33(28-15-9-11-23-10-5-6-12-25(23)28)29(35)20-37-31-32-27-14-8-7-13-26(27)30(36)34(31)24-18-16-22(17-19-24)21(2)3/h5-19,21H,4,20H2,1-3H3. The van der Waals surface area contributed by atoms with Crippen LogP contribution < -0.4 is 10.5 Å². The van der Waals surface area contributed by atoms with Crippen molar-refractivity contribution in [1.29, 1.82) is 0 Å². The summed E-state index contributed by atoms with van der Waals surface area (Å²) in [6, 6.07) is 29.4. The number of hydrogen-bond donors (Lipinski definition) is 0. The Morgan fingerprint density at radius 1 is 0.892 bits per heavy atom. The van der Waals surface area contributed by atoms with Crippen molar-refractivity contribution in [3.8, 4) is 5.69 Å². The summed E-state index contributed by atoms with van der Waals surface area (Å²) in [6.45, 7) is 6.80. The normalized spacial score (nSPS) is 11.4. The zero-order chi connectivity index (χ0) is 25.9. The first kappa shape index (κ1) is 24.8. The highest BCUT2D eigenvalue weighted by Gasteiger charge is 2.19. The largest absolute Gasteiger partial charge is 0.311 e. The van der Waals surface area contributed by atoms with Gasteiger partial charge in [-0.3, -0.25) is 14.2 Å². The SMILES string of the molecule is CCN(C(=O)CSc1nc2ccccc2c(=O)n1-c1ccc(C(C)C)cc1)c1cccc2ccccc12. The van der Waals surface area contributed by atoms with Gasteiger partial charge in [0.1, 0.15) is 0 Å². The molecular formula is C31H29N3O2S. The number of para-hydroxylation sites is 1. The molecule has 0 unspecified atom stereocenters. The molecule has 0 spiro atoms. The molecule has 0 fully saturated rings. The van der Waals surface area contributed by atoms with Crippen LogP contribution >= 0.6 is 11.8 Å². The van der Waals surface area contributed by atoms with E-state index in [9.17, 15) is 9.59 Å². The number of nitrogens with zero attached hydrogens (tertiary/aromatic N) is 3. The molecule has 5 rings (SSSR count). The predicted octanol–water partition coefficient (Wildman–Crippen LogP) is 6.81. The number of anilines is 1. The first-order chi connectivity index (χ1) is 18.0. The minimum Gasteiger partial charge on any atom is -0.311 e. The van der Waals surface area contributed by atoms with E-state index >= 15 is 0 Å². The maximum Gasteiger partial charge on any atom is 0.266 e. The molecule has 0 saturated heterocycles. The molecule has 186 valence electrons. The predicted molar refractivity (Wildman–Crippen MR) is 154 cm³/mol. The van der Waals surface area contributed by atoms with Crippen LogP contribution in [0.1, 0.15) is 32.3 Å². The fourth-order valence-corrected chi connectivity index (χ4v) is 5.46. The Bertz CT molecular complexity index is 1640. The van der Waals surface area contributed by atoms with E-state index in [2.05, 4.69) is 13.8 Å². The van der Waals surface area contributed by atoms with Crippen LogP contribution in [0.5, 0.6) is 0 Å². The zero-order valence-corrected chi connectivity index (χ0v) is 22.0. The smallest absolute Gasteiger partial charge is 0.266 e. The Morgan fingerprint density at radius 3 is 2.30 bits per heavy atom. The maximum absolute atomic E-state index is 13.6. The summed E-state index contributed by atoms with van der Waals surface area (Å²) in [5.41, 5.74) is 3.31. The monoisotopic (exact) mass is 507 g/mol. The van der Waals surface area contributed by atoms with E-state index in [1.165, 1.54) is 17.3 Å². The molecule has 0 aliphatic heterocycles. The van der Waals surface area contributed by atoms with Crippen LogP contribution in [-0.2, 0) is 4.79 Å². The average molecular weight is 508 g/mol. The lowest BCUT2D eigenvalue weighted by Gasteiger charge is -2.23. The van der Waals surface area contributed by atoms with Crippen molar-refractivity contribution in [2.24, 2.45) is 0 Å². The van der Waals surface area contributed by atoms with E-state index in [1.807, 2.05) is 91.9 Å². The summed E-state index contributed by atoms with van der Waals surface area (Å²) in [5, 5.41) is 3.19. The van der Waals surface area contributed by atoms with E-state index in [0.717, 1.165) is 22.1 Å². The van der Waals surface area contributed by atoms with Crippen LogP contribution in [0.25, 0.3) is 27.4 Å². The molecule has 6 heteroatoms. The van der Waals surface area contributed by atoms with Gasteiger partial charge in [0.15, 0.2) is 5.16 Å². The highest BCUT2D eigenvalue weighted by Crippen LogP contribution is 2.28. The first-order valence-electron chi connectivity index (χ1n) is 12.5. The van der Waals surface area contributed by atoms with Crippen LogP contribution in [0, 0.1) is 0 Å². The molecule has 0 bridgehead atoms. The first-order valence-corrected chi connectivity index (χ1v) is 13.5. The van der Waals surface area contributed by atoms with Crippen molar-refractivity contribution in [2.45, 2.75) is 31.8 Å². The van der Waals surface area contributed by atoms with Gasteiger partial charge in [0.2, 0.25) is 5.91 Å². The number of hydrogen-bond acceptors (Lipinski definition) is 4. The van der Waals surface area contributed by atoms with Gasteiger partial charge in [-0.15, -0.1) is 0 Å². The quantitative estimate of drug-likeness (QED) is 0.179. The van der Waals surface area contributed by atoms with Crippen molar-refractivity contribution in [2.75, 3.05) is 17.2 Å². The minimum absolute atomic E-state index is 0.0343. The molecule has 1 aromatic heterocycles. The van der Waals surface area contributed by atoms with E-state index in [-0.39, 0.29) is 17.2 Å². The number of benzene rings is 4. The van der Waals surface area contributed by atoms with Gasteiger partial charge >= 0.3 is 0 Å². The number of carbonyl (C=O) groups excluding carboxylic acids is 1. The minimum atomic E-state index is -0.140. The number of thioether (sulfide) groups is 1. The summed E-state index contributed by atoms with van der Waals surface area (Å²) in [5.74, 6) is 0.514. The summed E-state index contributed by atoms with van der Waals surface area (Å²) in [4.78, 5) is 33.7. The third-order valence-corrected chi connectivity index (χ3v) is 7.49. The molecule has 5 aromatic rings. The van der Waals surface area contributed by atoms with E-state index in [4.69, 9.17) is 4.98 Å². The summed E-state index contributed by atoms with van der Waals surface area (Å²) < 4.78 is 1.62. The van der Waals surface area contributed by atoms with Gasteiger partial charge < -0.3 is 4.90 Å². The fourth-order valence-electron chi connectivity index (χ4n) is 4.57. The Balaban J connectivity index is 1.51. The third kappa shape index (κ3) is 4.89. The number of fused-ring (bicyclic) bond motifs is 2. The molecule has 0 atom stereocenters. The van der Waals surface area contributed by atoms with Gasteiger partial charge in [0, 0.05) is 11.9 Å². The van der Waals surface area contributed by atoms with Gasteiger partial charge in [-0.1, -0.05) is 86.3 Å². The molecule has 1 heterocycles. The highest BCUT2D eigenvalue weighted by molar-refractivity contribution is 7.99. The number of aromatic nitrogens is 2. The van der Waals surface area contributed by atoms with Crippen molar-refractivity contribution in [3.63, 3.8) is 0 Å². The molecule has 0 saturated carbocycles. The zero-order valence-electron chi connectivity index (χ0n) is 21.2. The van der Waals surface area contributed by atoms with E-state index in [0.29, 0.717) is 28.5 Å². The van der Waals surface area contributed by atoms with Crippen molar-refractivity contribution < 1.29 is 4.79 Å². The average Bonchev–Trinajstić information content (AvgIpc) is 2.92. The Morgan fingerprint density at radius 2 is 1.57 bits per heavy atom. The number of rotatable bonds is 7. The van der Waals surface area contributed by atoms with Crippen molar-refractivity contribution in [1.82, 2.24) is 9.55 Å². The van der Waals surface area contributed by atoms with E-state index in [1.54, 1.807) is 15.5 Å². The topological polar surface area (TPSA) is 55.2 Å². The molecule has 4 aromatic carbocycles. The van der Waals surface area contributed by atoms with Gasteiger partial charge in [-0.05, 0) is 54.1 Å². The third-order valence-electron chi connectivity index (χ3n) is 6.56. The molecule has 37 heavy (non-hydrogen) atoms. The second-order valence-electron chi connectivity index (χ2n) is 9.22. The lowest BCUT2D eigenvalue weighted by atomic mass is 10.0. The molecule has 0 aliphatic carbocycles. The van der Waals surface area contributed by atoms with E-state index < -0.39 is 0 Å². The second kappa shape index (κ2) is 10.6. The summed E-state index contributed by atoms with van der Waals surface area (Å²) in [7, 11) is 0. The van der Waals surface area contributed by atoms with Gasteiger partial charge in [0.25, 0.3) is 5.56 Å². The van der Waals surface area contributed by atoms with Crippen LogP contribution in [0.15, 0.2) is 101 Å². The van der Waals surface area contributed by atoms with Gasteiger partial charge in [0.05, 0.1) is 28.0 Å². The Hall–Kier alpha value is -3.90. The number of amides is 1. The van der Waals surface area contributed by atoms with Gasteiger partial charge in [-0.2, -0.15) is 0 Å². The second-order valence-corrected chi connectivity index (χ2v) is 10.2. The molecule has 0 N–H and O–H groups in total. The van der Waals surface area contributed by atoms with Crippen LogP contribution in [-0.4, -0.2) is 27.8 Å². The fraction of sp³-hybridized carbons (Fsp3) is 0.194. The summed E-state index contributed by atoms with van der Waals surface area (Å²) >= 11 is 1.29. The van der Waals surface area contributed by atoms with Gasteiger partial charge in [-0.25, -0.2) is 4.98 Å². The van der Waals surface area contributed by atoms with Crippen LogP contribution in [0.4, 0.5) is 5.69 Å². The maximum atomic E-state index is 13.6. The van der Waals surface area contributed by atoms with Crippen LogP contribution in [0.2, 0.25) is 0 Å². The van der Waals surface area contributed by atoms with Crippen LogP contribution in [0.3, 0.4) is 0 Å². The molecule has 0 aliphatic rings. The van der Waals surface area contributed by atoms with Crippen molar-refractivity contribution >= 4 is 45.0 Å². The highest BCUT2D eigenvalue weighted by atomic mass is 32.2. The van der Waals surface area contributed by atoms with Crippen molar-refractivity contribution in [3.05, 3.63) is 107 Å². The lowest BCUT2D eigenvalue weighted by Crippen LogP contribution is -2.32. The molecule has 5 nitrogen and oxygen atoms in total. The molecule has 1 amide bonds. The number of carbonyl (C=O) groups is 1. The molecular weight excluding hydrogens is 478 g/mol. The summed E-state index contributed by atoms with van der Waals surface area (Å²) in [6.07, 6.45) is 0. The molecule has 0 radical (unpaired) electrons. The Kier molecular flexibility index (Phi) is 7.10.